The zero-order valence-corrected chi connectivity index (χ0v) is 7.31. The van der Waals surface area contributed by atoms with Gasteiger partial charge in [-0.25, -0.2) is 0 Å². The van der Waals surface area contributed by atoms with Crippen LogP contribution in [0.3, 0.4) is 0 Å². The van der Waals surface area contributed by atoms with Crippen LogP contribution in [0.25, 0.3) is 0 Å². The first kappa shape index (κ1) is 10.4. The Kier molecular flexibility index (Phi) is 8.89. The number of hydrogen-bond acceptors (Lipinski definition) is 2. The van der Waals surface area contributed by atoms with Gasteiger partial charge >= 0.3 is 0 Å². The van der Waals surface area contributed by atoms with Crippen LogP contribution < -0.4 is 5.43 Å². The first-order valence-corrected chi connectivity index (χ1v) is 4.47. The topological polar surface area (TPSA) is 41.5 Å². The summed E-state index contributed by atoms with van der Waals surface area (Å²) in [4.78, 5) is 9.58. The molecule has 0 aromatic carbocycles. The third kappa shape index (κ3) is 9.40. The van der Waals surface area contributed by atoms with E-state index in [9.17, 15) is 4.91 Å². The maximum atomic E-state index is 9.58. The largest absolute Gasteiger partial charge is 0.274 e. The Morgan fingerprint density at radius 3 is 2.36 bits per heavy atom. The lowest BCUT2D eigenvalue weighted by Crippen LogP contribution is -2.05. The third-order valence-electron chi connectivity index (χ3n) is 1.71. The molecule has 0 saturated heterocycles. The fourth-order valence-electron chi connectivity index (χ4n) is 1.03. The van der Waals surface area contributed by atoms with E-state index < -0.39 is 0 Å². The Hall–Kier alpha value is -0.600. The van der Waals surface area contributed by atoms with Gasteiger partial charge in [0.25, 0.3) is 0 Å². The van der Waals surface area contributed by atoms with E-state index in [1.807, 2.05) is 0 Å². The fourth-order valence-corrected chi connectivity index (χ4v) is 1.03. The van der Waals surface area contributed by atoms with Crippen LogP contribution in [0, 0.1) is 4.91 Å². The van der Waals surface area contributed by atoms with Crippen molar-refractivity contribution in [1.82, 2.24) is 5.43 Å². The molecule has 0 bridgehead atoms. The third-order valence-corrected chi connectivity index (χ3v) is 1.71. The van der Waals surface area contributed by atoms with Crippen LogP contribution in [-0.2, 0) is 0 Å². The minimum absolute atomic E-state index is 0.732. The standard InChI is InChI=1S/C8H18N2O/c1-2-3-4-5-6-7-8-9-10-11/h2-8H2,1H3,(H,9,11). The van der Waals surface area contributed by atoms with Crippen LogP contribution in [0.2, 0.25) is 0 Å². The van der Waals surface area contributed by atoms with E-state index >= 15 is 0 Å². The second-order valence-corrected chi connectivity index (χ2v) is 2.77. The van der Waals surface area contributed by atoms with Gasteiger partial charge in [0.2, 0.25) is 0 Å². The summed E-state index contributed by atoms with van der Waals surface area (Å²) >= 11 is 0. The highest BCUT2D eigenvalue weighted by molar-refractivity contribution is 4.45. The molecule has 66 valence electrons. The molecule has 11 heavy (non-hydrogen) atoms. The van der Waals surface area contributed by atoms with Gasteiger partial charge in [-0.1, -0.05) is 39.0 Å². The van der Waals surface area contributed by atoms with Crippen molar-refractivity contribution < 1.29 is 0 Å². The van der Waals surface area contributed by atoms with Crippen molar-refractivity contribution in [2.24, 2.45) is 5.29 Å². The fraction of sp³-hybridized carbons (Fsp3) is 1.00. The van der Waals surface area contributed by atoms with E-state index in [2.05, 4.69) is 17.6 Å². The van der Waals surface area contributed by atoms with Gasteiger partial charge in [0, 0.05) is 11.8 Å². The lowest BCUT2D eigenvalue weighted by Gasteiger charge is -1.98. The zero-order chi connectivity index (χ0) is 8.36. The Labute approximate surface area is 68.5 Å². The predicted molar refractivity (Wildman–Crippen MR) is 47.2 cm³/mol. The molecular weight excluding hydrogens is 140 g/mol. The van der Waals surface area contributed by atoms with Crippen LogP contribution in [0.4, 0.5) is 0 Å². The van der Waals surface area contributed by atoms with Crippen molar-refractivity contribution in [1.29, 1.82) is 0 Å². The molecule has 0 heterocycles. The molecule has 0 aliphatic heterocycles. The maximum absolute atomic E-state index is 9.58. The maximum Gasteiger partial charge on any atom is 0.0496 e. The number of unbranched alkanes of at least 4 members (excludes halogenated alkanes) is 5. The molecule has 0 aliphatic rings. The average molecular weight is 158 g/mol. The molecule has 0 aromatic rings. The van der Waals surface area contributed by atoms with Gasteiger partial charge < -0.3 is 0 Å². The van der Waals surface area contributed by atoms with Crippen LogP contribution in [0.1, 0.15) is 45.4 Å². The van der Waals surface area contributed by atoms with Gasteiger partial charge in [0.05, 0.1) is 0 Å². The Morgan fingerprint density at radius 1 is 1.09 bits per heavy atom. The molecule has 0 rings (SSSR count). The summed E-state index contributed by atoms with van der Waals surface area (Å²) in [6.45, 7) is 2.94. The highest BCUT2D eigenvalue weighted by Crippen LogP contribution is 2.03. The van der Waals surface area contributed by atoms with Gasteiger partial charge in [-0.2, -0.15) is 0 Å². The summed E-state index contributed by atoms with van der Waals surface area (Å²) in [7, 11) is 0. The SMILES string of the molecule is CCCCCCCCNN=O. The number of nitrogens with zero attached hydrogens (tertiary/aromatic N) is 1. The van der Waals surface area contributed by atoms with Crippen molar-refractivity contribution in [3.05, 3.63) is 4.91 Å². The molecule has 0 atom stereocenters. The van der Waals surface area contributed by atoms with Crippen LogP contribution in [0.5, 0.6) is 0 Å². The van der Waals surface area contributed by atoms with Gasteiger partial charge in [0.15, 0.2) is 0 Å². The van der Waals surface area contributed by atoms with Gasteiger partial charge in [0.1, 0.15) is 0 Å². The first-order valence-electron chi connectivity index (χ1n) is 4.47. The van der Waals surface area contributed by atoms with Crippen molar-refractivity contribution in [2.75, 3.05) is 6.54 Å². The number of rotatable bonds is 8. The molecule has 0 saturated carbocycles. The molecule has 0 aliphatic carbocycles. The lowest BCUT2D eigenvalue weighted by molar-refractivity contribution is 0.580. The average Bonchev–Trinajstić information content (AvgIpc) is 2.03. The second kappa shape index (κ2) is 9.40. The Balaban J connectivity index is 2.74. The number of hydrogen-bond donors (Lipinski definition) is 1. The highest BCUT2D eigenvalue weighted by Gasteiger charge is 1.88. The quantitative estimate of drug-likeness (QED) is 0.335. The summed E-state index contributed by atoms with van der Waals surface area (Å²) in [5.74, 6) is 0. The summed E-state index contributed by atoms with van der Waals surface area (Å²) in [5.41, 5.74) is 2.41. The monoisotopic (exact) mass is 158 g/mol. The predicted octanol–water partition coefficient (Wildman–Crippen LogP) is 2.62. The normalized spacial score (nSPS) is 9.55. The molecule has 0 spiro atoms. The van der Waals surface area contributed by atoms with Crippen molar-refractivity contribution >= 4 is 0 Å². The molecule has 0 fully saturated rings. The minimum atomic E-state index is 0.732. The van der Waals surface area contributed by atoms with E-state index in [4.69, 9.17) is 0 Å². The van der Waals surface area contributed by atoms with Gasteiger partial charge in [-0.3, -0.25) is 5.43 Å². The molecule has 0 unspecified atom stereocenters. The van der Waals surface area contributed by atoms with E-state index in [0.29, 0.717) is 0 Å². The van der Waals surface area contributed by atoms with Gasteiger partial charge in [-0.15, -0.1) is 4.91 Å². The summed E-state index contributed by atoms with van der Waals surface area (Å²) < 4.78 is 0. The van der Waals surface area contributed by atoms with Crippen molar-refractivity contribution in [2.45, 2.75) is 45.4 Å². The zero-order valence-electron chi connectivity index (χ0n) is 7.31. The first-order chi connectivity index (χ1) is 5.41. The van der Waals surface area contributed by atoms with Gasteiger partial charge in [-0.05, 0) is 6.42 Å². The van der Waals surface area contributed by atoms with E-state index in [0.717, 1.165) is 13.0 Å². The van der Waals surface area contributed by atoms with Crippen molar-refractivity contribution in [3.8, 4) is 0 Å². The van der Waals surface area contributed by atoms with Crippen LogP contribution >= 0.6 is 0 Å². The second-order valence-electron chi connectivity index (χ2n) is 2.77. The van der Waals surface area contributed by atoms with E-state index in [1.54, 1.807) is 0 Å². The Bertz CT molecular complexity index is 86.2. The van der Waals surface area contributed by atoms with E-state index in [1.165, 1.54) is 32.1 Å². The van der Waals surface area contributed by atoms with Crippen molar-refractivity contribution in [3.63, 3.8) is 0 Å². The number of nitroso groups, excluding NO2 is 1. The van der Waals surface area contributed by atoms with E-state index in [-0.39, 0.29) is 0 Å². The van der Waals surface area contributed by atoms with Crippen LogP contribution in [-0.4, -0.2) is 6.54 Å². The van der Waals surface area contributed by atoms with Crippen LogP contribution in [0.15, 0.2) is 5.29 Å². The molecule has 1 N–H and O–H groups in total. The molecule has 3 nitrogen and oxygen atoms in total. The summed E-state index contributed by atoms with van der Waals surface area (Å²) in [6, 6.07) is 0. The summed E-state index contributed by atoms with van der Waals surface area (Å²) in [6.07, 6.45) is 7.50. The minimum Gasteiger partial charge on any atom is -0.274 e. The molecule has 0 amide bonds. The number of nitrogens with one attached hydrogen (secondary N) is 1. The lowest BCUT2D eigenvalue weighted by atomic mass is 10.1. The molecule has 0 aromatic heterocycles. The Morgan fingerprint density at radius 2 is 1.73 bits per heavy atom. The summed E-state index contributed by atoms with van der Waals surface area (Å²) in [5, 5.41) is 2.57. The highest BCUT2D eigenvalue weighted by atomic mass is 16.3. The molecule has 3 heteroatoms. The smallest absolute Gasteiger partial charge is 0.0496 e. The molecular formula is C8H18N2O. The molecule has 0 radical (unpaired) electrons.